The fourth-order valence-corrected chi connectivity index (χ4v) is 4.09. The Bertz CT molecular complexity index is 965. The van der Waals surface area contributed by atoms with Crippen LogP contribution in [0.2, 0.25) is 0 Å². The predicted molar refractivity (Wildman–Crippen MR) is 124 cm³/mol. The molecule has 1 aromatic carbocycles. The van der Waals surface area contributed by atoms with Gasteiger partial charge in [0.25, 0.3) is 5.69 Å². The second-order valence-electron chi connectivity index (χ2n) is 8.26. The Balaban J connectivity index is 1.57. The number of ether oxygens (including phenoxy) is 1. The zero-order valence-electron chi connectivity index (χ0n) is 19.3. The molecule has 0 radical (unpaired) electrons. The Hall–Kier alpha value is -3.08. The van der Waals surface area contributed by atoms with Gasteiger partial charge in [0.1, 0.15) is 17.1 Å². The highest BCUT2D eigenvalue weighted by Crippen LogP contribution is 2.38. The van der Waals surface area contributed by atoms with Crippen LogP contribution in [0.5, 0.6) is 5.75 Å². The number of hydrogen-bond donors (Lipinski definition) is 2. The molecule has 8 nitrogen and oxygen atoms in total. The van der Waals surface area contributed by atoms with E-state index in [0.717, 1.165) is 56.2 Å². The van der Waals surface area contributed by atoms with Gasteiger partial charge >= 0.3 is 6.18 Å². The molecule has 3 rings (SSSR count). The maximum Gasteiger partial charge on any atom is 0.423 e. The van der Waals surface area contributed by atoms with Crippen molar-refractivity contribution < 1.29 is 22.8 Å². The van der Waals surface area contributed by atoms with E-state index in [9.17, 15) is 23.3 Å². The number of halogens is 3. The van der Waals surface area contributed by atoms with E-state index < -0.39 is 22.4 Å². The summed E-state index contributed by atoms with van der Waals surface area (Å²) in [6.45, 7) is 4.57. The minimum absolute atomic E-state index is 0.00304. The molecule has 0 amide bonds. The highest BCUT2D eigenvalue weighted by atomic mass is 19.4. The van der Waals surface area contributed by atoms with E-state index in [1.165, 1.54) is 6.07 Å². The third kappa shape index (κ3) is 6.72. The summed E-state index contributed by atoms with van der Waals surface area (Å²) < 4.78 is 45.9. The molecule has 2 aromatic rings. The SMILES string of the molecule is CCN(CCNC)c1cc(O[C@H]2CC[C@H](Nc3ccc([N+](=O)[O-])c(C(F)(F)F)c3)CC2)ccn1. The van der Waals surface area contributed by atoms with Crippen LogP contribution in [-0.4, -0.2) is 48.7 Å². The third-order valence-electron chi connectivity index (χ3n) is 5.90. The molecular weight excluding hydrogens is 451 g/mol. The van der Waals surface area contributed by atoms with Crippen LogP contribution in [0, 0.1) is 10.1 Å². The van der Waals surface area contributed by atoms with Gasteiger partial charge in [-0.15, -0.1) is 0 Å². The molecule has 0 aliphatic heterocycles. The van der Waals surface area contributed by atoms with Gasteiger partial charge in [0.05, 0.1) is 11.0 Å². The summed E-state index contributed by atoms with van der Waals surface area (Å²) in [7, 11) is 1.91. The van der Waals surface area contributed by atoms with Crippen molar-refractivity contribution in [1.82, 2.24) is 10.3 Å². The van der Waals surface area contributed by atoms with Crippen LogP contribution >= 0.6 is 0 Å². The second-order valence-corrected chi connectivity index (χ2v) is 8.26. The van der Waals surface area contributed by atoms with Crippen molar-refractivity contribution in [1.29, 1.82) is 0 Å². The molecule has 11 heteroatoms. The molecule has 0 bridgehead atoms. The predicted octanol–water partition coefficient (Wildman–Crippen LogP) is 4.86. The monoisotopic (exact) mass is 481 g/mol. The van der Waals surface area contributed by atoms with E-state index in [4.69, 9.17) is 4.74 Å². The molecule has 1 fully saturated rings. The van der Waals surface area contributed by atoms with Crippen LogP contribution in [-0.2, 0) is 6.18 Å². The van der Waals surface area contributed by atoms with Crippen molar-refractivity contribution in [2.75, 3.05) is 36.9 Å². The maximum atomic E-state index is 13.2. The number of anilines is 2. The Morgan fingerprint density at radius 1 is 1.21 bits per heavy atom. The Labute approximate surface area is 196 Å². The first-order chi connectivity index (χ1) is 16.2. The smallest absolute Gasteiger partial charge is 0.423 e. The number of hydrogen-bond acceptors (Lipinski definition) is 7. The van der Waals surface area contributed by atoms with Gasteiger partial charge in [-0.3, -0.25) is 10.1 Å². The fourth-order valence-electron chi connectivity index (χ4n) is 4.09. The average molecular weight is 482 g/mol. The zero-order chi connectivity index (χ0) is 24.7. The molecule has 34 heavy (non-hydrogen) atoms. The van der Waals surface area contributed by atoms with Gasteiger partial charge in [0.15, 0.2) is 0 Å². The molecule has 1 aliphatic rings. The molecule has 0 unspecified atom stereocenters. The van der Waals surface area contributed by atoms with Crippen LogP contribution in [0.4, 0.5) is 30.4 Å². The first-order valence-corrected chi connectivity index (χ1v) is 11.4. The van der Waals surface area contributed by atoms with Crippen molar-refractivity contribution in [2.24, 2.45) is 0 Å². The van der Waals surface area contributed by atoms with Crippen molar-refractivity contribution in [3.05, 3.63) is 52.2 Å². The number of alkyl halides is 3. The van der Waals surface area contributed by atoms with E-state index in [1.54, 1.807) is 6.20 Å². The number of nitro groups is 1. The van der Waals surface area contributed by atoms with E-state index in [0.29, 0.717) is 12.8 Å². The molecular formula is C23H30F3N5O3. The zero-order valence-corrected chi connectivity index (χ0v) is 19.3. The van der Waals surface area contributed by atoms with Gasteiger partial charge in [0, 0.05) is 49.7 Å². The van der Waals surface area contributed by atoms with Crippen molar-refractivity contribution in [2.45, 2.75) is 50.9 Å². The number of pyridine rings is 1. The normalized spacial score (nSPS) is 18.4. The molecule has 1 aromatic heterocycles. The van der Waals surface area contributed by atoms with Gasteiger partial charge in [-0.25, -0.2) is 4.98 Å². The quantitative estimate of drug-likeness (QED) is 0.370. The number of nitrogens with zero attached hydrogens (tertiary/aromatic N) is 3. The number of likely N-dealkylation sites (N-methyl/N-ethyl adjacent to an activating group) is 2. The Morgan fingerprint density at radius 2 is 1.94 bits per heavy atom. The van der Waals surface area contributed by atoms with Crippen LogP contribution in [0.1, 0.15) is 38.2 Å². The third-order valence-corrected chi connectivity index (χ3v) is 5.90. The number of aromatic nitrogens is 1. The van der Waals surface area contributed by atoms with Gasteiger partial charge in [-0.2, -0.15) is 13.2 Å². The molecule has 0 spiro atoms. The largest absolute Gasteiger partial charge is 0.490 e. The summed E-state index contributed by atoms with van der Waals surface area (Å²) >= 11 is 0. The first kappa shape index (κ1) is 25.5. The summed E-state index contributed by atoms with van der Waals surface area (Å²) in [4.78, 5) is 16.5. The molecule has 1 saturated carbocycles. The van der Waals surface area contributed by atoms with E-state index in [1.807, 2.05) is 19.2 Å². The standard InChI is InChI=1S/C23H30F3N5O3/c1-3-30(13-12-27-2)22-15-19(10-11-28-22)34-18-7-4-16(5-8-18)29-17-6-9-21(31(32)33)20(14-17)23(24,25)26/h6,9-11,14-16,18,27,29H,3-5,7-8,12-13H2,1-2H3/t16-,18-. The van der Waals surface area contributed by atoms with Crippen LogP contribution < -0.4 is 20.3 Å². The summed E-state index contributed by atoms with van der Waals surface area (Å²) in [5.41, 5.74) is -1.97. The topological polar surface area (TPSA) is 92.6 Å². The molecule has 0 saturated heterocycles. The van der Waals surface area contributed by atoms with Crippen LogP contribution in [0.3, 0.4) is 0 Å². The van der Waals surface area contributed by atoms with Crippen molar-refractivity contribution in [3.8, 4) is 5.75 Å². The van der Waals surface area contributed by atoms with Crippen molar-refractivity contribution >= 4 is 17.2 Å². The van der Waals surface area contributed by atoms with Gasteiger partial charge in [0.2, 0.25) is 0 Å². The summed E-state index contributed by atoms with van der Waals surface area (Å²) in [5.74, 6) is 1.60. The lowest BCUT2D eigenvalue weighted by atomic mass is 9.92. The molecule has 186 valence electrons. The van der Waals surface area contributed by atoms with Crippen LogP contribution in [0.25, 0.3) is 0 Å². The van der Waals surface area contributed by atoms with Crippen molar-refractivity contribution in [3.63, 3.8) is 0 Å². The lowest BCUT2D eigenvalue weighted by Crippen LogP contribution is -2.32. The number of rotatable bonds is 10. The lowest BCUT2D eigenvalue weighted by Gasteiger charge is -2.30. The molecule has 0 atom stereocenters. The van der Waals surface area contributed by atoms with Gasteiger partial charge in [-0.1, -0.05) is 0 Å². The van der Waals surface area contributed by atoms with E-state index in [-0.39, 0.29) is 17.8 Å². The highest BCUT2D eigenvalue weighted by Gasteiger charge is 2.38. The van der Waals surface area contributed by atoms with E-state index >= 15 is 0 Å². The van der Waals surface area contributed by atoms with Gasteiger partial charge in [-0.05, 0) is 57.9 Å². The Kier molecular flexibility index (Phi) is 8.54. The van der Waals surface area contributed by atoms with Crippen LogP contribution in [0.15, 0.2) is 36.5 Å². The van der Waals surface area contributed by atoms with Gasteiger partial charge < -0.3 is 20.3 Å². The second kappa shape index (κ2) is 11.4. The fraction of sp³-hybridized carbons (Fsp3) is 0.522. The molecule has 2 N–H and O–H groups in total. The first-order valence-electron chi connectivity index (χ1n) is 11.4. The number of nitrogens with one attached hydrogen (secondary N) is 2. The highest BCUT2D eigenvalue weighted by molar-refractivity contribution is 5.55. The number of benzene rings is 1. The molecule has 1 aliphatic carbocycles. The summed E-state index contributed by atoms with van der Waals surface area (Å²) in [5, 5.41) is 17.2. The van der Waals surface area contributed by atoms with E-state index in [2.05, 4.69) is 27.4 Å². The summed E-state index contributed by atoms with van der Waals surface area (Å²) in [6.07, 6.45) is -0.156. The number of nitro benzene ring substituents is 1. The average Bonchev–Trinajstić information content (AvgIpc) is 2.80. The minimum atomic E-state index is -4.80. The Morgan fingerprint density at radius 3 is 2.56 bits per heavy atom. The summed E-state index contributed by atoms with van der Waals surface area (Å²) in [6, 6.07) is 6.76. The minimum Gasteiger partial charge on any atom is -0.490 e. The maximum absolute atomic E-state index is 13.2. The molecule has 1 heterocycles. The lowest BCUT2D eigenvalue weighted by molar-refractivity contribution is -0.388.